The third kappa shape index (κ3) is 7.61. The lowest BCUT2D eigenvalue weighted by Crippen LogP contribution is -2.10. The summed E-state index contributed by atoms with van der Waals surface area (Å²) in [7, 11) is 0. The Labute approximate surface area is 389 Å². The number of hydrogen-bond donors (Lipinski definition) is 0. The van der Waals surface area contributed by atoms with Crippen molar-refractivity contribution in [3.8, 4) is 44.5 Å². The summed E-state index contributed by atoms with van der Waals surface area (Å²) in [5.74, 6) is 4.13. The maximum Gasteiger partial charge on any atom is 0.0527 e. The van der Waals surface area contributed by atoms with E-state index in [4.69, 9.17) is 0 Å². The van der Waals surface area contributed by atoms with Crippen LogP contribution in [0.5, 0.6) is 0 Å². The molecule has 4 aliphatic carbocycles. The SMILES string of the molecule is c1ccc2c(c1)Cc1c(CSC(CC(SCc3cccc4c3Cc3ccccc3-4)SCc3cccc4c3Cc3ccccc3-4)SCc3cccc4c3Cc3ccccc3-4)cccc1-2. The first-order valence-electron chi connectivity index (χ1n) is 22.4. The van der Waals surface area contributed by atoms with Crippen LogP contribution in [0.4, 0.5) is 0 Å². The van der Waals surface area contributed by atoms with Gasteiger partial charge in [0.05, 0.1) is 9.16 Å². The summed E-state index contributed by atoms with van der Waals surface area (Å²) < 4.78 is 0.872. The van der Waals surface area contributed by atoms with Crippen molar-refractivity contribution in [3.05, 3.63) is 237 Å². The fraction of sp³-hybridized carbons (Fsp3) is 0.186. The van der Waals surface area contributed by atoms with Crippen LogP contribution < -0.4 is 0 Å². The largest absolute Gasteiger partial charge is 0.143 e. The van der Waals surface area contributed by atoms with Gasteiger partial charge in [-0.05, 0) is 143 Å². The first-order valence-corrected chi connectivity index (χ1v) is 26.6. The summed E-state index contributed by atoms with van der Waals surface area (Å²) in [6, 6.07) is 64.3. The molecule has 0 aliphatic heterocycles. The van der Waals surface area contributed by atoms with Crippen molar-refractivity contribution < 1.29 is 0 Å². The molecule has 4 heteroatoms. The molecule has 0 radical (unpaired) electrons. The number of hydrogen-bond acceptors (Lipinski definition) is 4. The van der Waals surface area contributed by atoms with Crippen molar-refractivity contribution in [1.29, 1.82) is 0 Å². The van der Waals surface area contributed by atoms with Crippen molar-refractivity contribution in [3.63, 3.8) is 0 Å². The molecule has 8 aromatic rings. The van der Waals surface area contributed by atoms with E-state index in [1.54, 1.807) is 0 Å². The fourth-order valence-electron chi connectivity index (χ4n) is 10.7. The Kier molecular flexibility index (Phi) is 10.9. The molecule has 0 saturated carbocycles. The van der Waals surface area contributed by atoms with Gasteiger partial charge < -0.3 is 0 Å². The van der Waals surface area contributed by atoms with Gasteiger partial charge in [0.2, 0.25) is 0 Å². The lowest BCUT2D eigenvalue weighted by molar-refractivity contribution is 1.02. The smallest absolute Gasteiger partial charge is 0.0527 e. The van der Waals surface area contributed by atoms with Gasteiger partial charge in [-0.3, -0.25) is 0 Å². The van der Waals surface area contributed by atoms with E-state index in [2.05, 4.69) is 217 Å². The summed E-state index contributed by atoms with van der Waals surface area (Å²) in [4.78, 5) is 0. The van der Waals surface area contributed by atoms with Crippen LogP contribution in [0.1, 0.15) is 73.2 Å². The van der Waals surface area contributed by atoms with Crippen LogP contribution in [0.2, 0.25) is 0 Å². The van der Waals surface area contributed by atoms with E-state index in [0.29, 0.717) is 9.16 Å². The molecule has 0 nitrogen and oxygen atoms in total. The van der Waals surface area contributed by atoms with Crippen molar-refractivity contribution in [2.24, 2.45) is 0 Å². The molecule has 12 rings (SSSR count). The second kappa shape index (κ2) is 17.3. The quantitative estimate of drug-likeness (QED) is 0.0998. The van der Waals surface area contributed by atoms with Crippen LogP contribution in [0, 0.1) is 0 Å². The molecule has 0 N–H and O–H groups in total. The molecular formula is C59H48S4. The zero-order valence-electron chi connectivity index (χ0n) is 35.3. The fourth-order valence-corrected chi connectivity index (χ4v) is 16.6. The molecule has 0 bridgehead atoms. The van der Waals surface area contributed by atoms with Crippen molar-refractivity contribution >= 4 is 47.0 Å². The maximum absolute atomic E-state index is 2.41. The molecule has 308 valence electrons. The highest BCUT2D eigenvalue weighted by atomic mass is 32.2. The van der Waals surface area contributed by atoms with Crippen LogP contribution in [0.3, 0.4) is 0 Å². The minimum Gasteiger partial charge on any atom is -0.143 e. The monoisotopic (exact) mass is 884 g/mol. The zero-order chi connectivity index (χ0) is 41.7. The average molecular weight is 885 g/mol. The molecule has 0 heterocycles. The molecular weight excluding hydrogens is 837 g/mol. The topological polar surface area (TPSA) is 0 Å². The molecule has 0 spiro atoms. The minimum absolute atomic E-state index is 0.436. The van der Waals surface area contributed by atoms with E-state index in [9.17, 15) is 0 Å². The van der Waals surface area contributed by atoms with Gasteiger partial charge in [-0.1, -0.05) is 170 Å². The van der Waals surface area contributed by atoms with Gasteiger partial charge in [0, 0.05) is 23.0 Å². The number of fused-ring (bicyclic) bond motifs is 12. The second-order valence-electron chi connectivity index (χ2n) is 17.4. The van der Waals surface area contributed by atoms with Gasteiger partial charge in [-0.2, -0.15) is 0 Å². The van der Waals surface area contributed by atoms with Crippen LogP contribution >= 0.6 is 47.0 Å². The molecule has 0 unspecified atom stereocenters. The first-order chi connectivity index (χ1) is 31.2. The Morgan fingerprint density at radius 2 is 0.508 bits per heavy atom. The highest BCUT2D eigenvalue weighted by Crippen LogP contribution is 2.47. The Hall–Kier alpha value is -4.84. The molecule has 0 amide bonds. The molecule has 4 aliphatic rings. The first kappa shape index (κ1) is 39.7. The molecule has 0 atom stereocenters. The van der Waals surface area contributed by atoms with E-state index >= 15 is 0 Å². The molecule has 0 fully saturated rings. The predicted molar refractivity (Wildman–Crippen MR) is 276 cm³/mol. The lowest BCUT2D eigenvalue weighted by Gasteiger charge is -2.24. The molecule has 0 saturated heterocycles. The van der Waals surface area contributed by atoms with Gasteiger partial charge >= 0.3 is 0 Å². The van der Waals surface area contributed by atoms with E-state index in [1.807, 2.05) is 0 Å². The Morgan fingerprint density at radius 1 is 0.270 bits per heavy atom. The van der Waals surface area contributed by atoms with Gasteiger partial charge in [-0.15, -0.1) is 47.0 Å². The Balaban J connectivity index is 0.849. The normalized spacial score (nSPS) is 13.4. The zero-order valence-corrected chi connectivity index (χ0v) is 38.6. The Morgan fingerprint density at radius 3 is 0.778 bits per heavy atom. The predicted octanol–water partition coefficient (Wildman–Crippen LogP) is 16.0. The van der Waals surface area contributed by atoms with E-state index < -0.39 is 0 Å². The van der Waals surface area contributed by atoms with Crippen molar-refractivity contribution in [2.75, 3.05) is 0 Å². The average Bonchev–Trinajstić information content (AvgIpc) is 4.11. The summed E-state index contributed by atoms with van der Waals surface area (Å²) in [5, 5.41) is 0. The number of thioether (sulfide) groups is 4. The molecule has 63 heavy (non-hydrogen) atoms. The van der Waals surface area contributed by atoms with Crippen LogP contribution in [0.15, 0.2) is 170 Å². The molecule has 8 aromatic carbocycles. The summed E-state index contributed by atoms with van der Waals surface area (Å²) >= 11 is 8.76. The van der Waals surface area contributed by atoms with E-state index in [0.717, 1.165) is 55.1 Å². The maximum atomic E-state index is 2.41. The highest BCUT2D eigenvalue weighted by Gasteiger charge is 2.28. The second-order valence-corrected chi connectivity index (χ2v) is 22.8. The number of benzene rings is 8. The van der Waals surface area contributed by atoms with Gasteiger partial charge in [0.15, 0.2) is 0 Å². The van der Waals surface area contributed by atoms with Gasteiger partial charge in [-0.25, -0.2) is 0 Å². The van der Waals surface area contributed by atoms with E-state index in [-0.39, 0.29) is 0 Å². The third-order valence-electron chi connectivity index (χ3n) is 13.9. The minimum atomic E-state index is 0.436. The van der Waals surface area contributed by atoms with Gasteiger partial charge in [0.1, 0.15) is 0 Å². The summed E-state index contributed by atoms with van der Waals surface area (Å²) in [5.41, 5.74) is 29.4. The standard InChI is InChI=1S/C59H48S4/c1-5-21-46-38(13-1)29-54-42(17-9-25-50(46)54)34-60-58(61-35-43-18-10-26-51-47-22-6-2-14-39(47)30-55(43)51)33-59(62-36-44-19-11-27-52-48-23-7-3-15-40(48)31-56(44)52)63-37-45-20-12-28-53-49-24-8-4-16-41(49)32-57(45)53/h1-28,58-59H,29-37H2. The van der Waals surface area contributed by atoms with Crippen LogP contribution in [-0.4, -0.2) is 9.16 Å². The molecule has 0 aromatic heterocycles. The number of rotatable bonds is 14. The highest BCUT2D eigenvalue weighted by molar-refractivity contribution is 8.17. The Bertz CT molecular complexity index is 2630. The van der Waals surface area contributed by atoms with Gasteiger partial charge in [0.25, 0.3) is 0 Å². The van der Waals surface area contributed by atoms with Crippen molar-refractivity contribution in [2.45, 2.75) is 64.3 Å². The summed E-state index contributed by atoms with van der Waals surface area (Å²) in [6.07, 6.45) is 5.31. The van der Waals surface area contributed by atoms with Crippen molar-refractivity contribution in [1.82, 2.24) is 0 Å². The third-order valence-corrected chi connectivity index (χ3v) is 19.7. The van der Waals surface area contributed by atoms with Crippen LogP contribution in [0.25, 0.3) is 44.5 Å². The van der Waals surface area contributed by atoms with E-state index in [1.165, 1.54) is 111 Å². The summed E-state index contributed by atoms with van der Waals surface area (Å²) in [6.45, 7) is 0. The van der Waals surface area contributed by atoms with Crippen LogP contribution in [-0.2, 0) is 48.7 Å². The lowest BCUT2D eigenvalue weighted by atomic mass is 10.0.